The summed E-state index contributed by atoms with van der Waals surface area (Å²) in [5.74, 6) is 2.20. The number of rotatable bonds is 3. The van der Waals surface area contributed by atoms with Crippen LogP contribution in [0.3, 0.4) is 0 Å². The number of hydrogen-bond donors (Lipinski definition) is 2. The number of piperidine rings is 1. The number of aryl methyl sites for hydroxylation is 2. The molecule has 0 spiro atoms. The molecule has 0 radical (unpaired) electrons. The Hall–Kier alpha value is -2.77. The summed E-state index contributed by atoms with van der Waals surface area (Å²) in [6.07, 6.45) is 1.71. The number of carbonyl (C=O) groups excluding carboxylic acids is 1. The second-order valence-corrected chi connectivity index (χ2v) is 8.63. The Morgan fingerprint density at radius 3 is 2.69 bits per heavy atom. The summed E-state index contributed by atoms with van der Waals surface area (Å²) in [5, 5.41) is 3.21. The summed E-state index contributed by atoms with van der Waals surface area (Å²) < 4.78 is 11.2. The van der Waals surface area contributed by atoms with Gasteiger partial charge in [0.15, 0.2) is 11.5 Å². The van der Waals surface area contributed by atoms with Crippen LogP contribution in [0.25, 0.3) is 11.0 Å². The van der Waals surface area contributed by atoms with Gasteiger partial charge in [-0.15, -0.1) is 12.4 Å². The van der Waals surface area contributed by atoms with E-state index in [9.17, 15) is 4.79 Å². The van der Waals surface area contributed by atoms with Crippen LogP contribution >= 0.6 is 12.4 Å². The number of imidazole rings is 1. The molecule has 1 amide bonds. The van der Waals surface area contributed by atoms with Gasteiger partial charge >= 0.3 is 0 Å². The number of benzene rings is 2. The van der Waals surface area contributed by atoms with Gasteiger partial charge in [0, 0.05) is 18.2 Å². The molecule has 2 atom stereocenters. The first-order chi connectivity index (χ1) is 15.0. The van der Waals surface area contributed by atoms with Crippen molar-refractivity contribution in [3.05, 3.63) is 52.8 Å². The molecule has 2 aromatic carbocycles. The standard InChI is InChI=1S/C24H28N4O3.ClH/c1-14-10-18-19(11-15(14)2)27-23(26-18)20-13-17(6-7-28(20)3)25-24(29)16-4-5-21-22(12-16)31-9-8-30-21;/h4-5,10-12,17,20H,6-9,13H2,1-3H3,(H,25,29)(H,26,27);1H/t17-,20-;/m1./s1. The minimum absolute atomic E-state index is 0. The number of likely N-dealkylation sites (tertiary alicyclic amines) is 1. The number of fused-ring (bicyclic) bond motifs is 2. The highest BCUT2D eigenvalue weighted by molar-refractivity contribution is 5.95. The van der Waals surface area contributed by atoms with Gasteiger partial charge in [0.05, 0.1) is 17.1 Å². The van der Waals surface area contributed by atoms with Crippen molar-refractivity contribution in [2.24, 2.45) is 0 Å². The number of aromatic amines is 1. The average molecular weight is 457 g/mol. The second kappa shape index (κ2) is 9.00. The first kappa shape index (κ1) is 22.4. The molecule has 0 bridgehead atoms. The van der Waals surface area contributed by atoms with Gasteiger partial charge in [-0.25, -0.2) is 4.98 Å². The van der Waals surface area contributed by atoms with Gasteiger partial charge in [0.25, 0.3) is 5.91 Å². The monoisotopic (exact) mass is 456 g/mol. The van der Waals surface area contributed by atoms with E-state index in [1.54, 1.807) is 18.2 Å². The molecule has 2 aliphatic rings. The minimum Gasteiger partial charge on any atom is -0.486 e. The van der Waals surface area contributed by atoms with E-state index in [0.29, 0.717) is 30.3 Å². The van der Waals surface area contributed by atoms with E-state index in [1.165, 1.54) is 11.1 Å². The van der Waals surface area contributed by atoms with E-state index in [1.807, 2.05) is 0 Å². The van der Waals surface area contributed by atoms with Crippen LogP contribution in [0, 0.1) is 13.8 Å². The van der Waals surface area contributed by atoms with Crippen molar-refractivity contribution in [3.63, 3.8) is 0 Å². The number of halogens is 1. The molecule has 170 valence electrons. The smallest absolute Gasteiger partial charge is 0.251 e. The third-order valence-corrected chi connectivity index (χ3v) is 6.44. The van der Waals surface area contributed by atoms with Crippen molar-refractivity contribution in [1.29, 1.82) is 0 Å². The number of nitrogens with zero attached hydrogens (tertiary/aromatic N) is 2. The molecule has 1 fully saturated rings. The average Bonchev–Trinajstić information content (AvgIpc) is 3.17. The third kappa shape index (κ3) is 4.27. The Balaban J connectivity index is 0.00000245. The lowest BCUT2D eigenvalue weighted by Crippen LogP contribution is -2.45. The lowest BCUT2D eigenvalue weighted by atomic mass is 9.96. The van der Waals surface area contributed by atoms with Crippen molar-refractivity contribution in [2.45, 2.75) is 38.8 Å². The molecule has 0 saturated carbocycles. The van der Waals surface area contributed by atoms with E-state index in [2.05, 4.69) is 48.2 Å². The van der Waals surface area contributed by atoms with Gasteiger partial charge in [-0.2, -0.15) is 0 Å². The summed E-state index contributed by atoms with van der Waals surface area (Å²) in [6.45, 7) is 6.17. The van der Waals surface area contributed by atoms with Crippen LogP contribution < -0.4 is 14.8 Å². The van der Waals surface area contributed by atoms with Gasteiger partial charge in [-0.3, -0.25) is 9.69 Å². The fourth-order valence-electron chi connectivity index (χ4n) is 4.43. The van der Waals surface area contributed by atoms with Gasteiger partial charge in [-0.05, 0) is 75.2 Å². The molecule has 0 aliphatic carbocycles. The van der Waals surface area contributed by atoms with Crippen LogP contribution in [0.5, 0.6) is 11.5 Å². The minimum atomic E-state index is -0.0823. The lowest BCUT2D eigenvalue weighted by molar-refractivity contribution is 0.0883. The highest BCUT2D eigenvalue weighted by Gasteiger charge is 2.30. The number of carbonyl (C=O) groups is 1. The Bertz CT molecular complexity index is 1110. The SMILES string of the molecule is Cc1cc2nc([C@H]3C[C@H](NC(=O)c4ccc5c(c4)OCCO5)CCN3C)[nH]c2cc1C.Cl. The Labute approximate surface area is 193 Å². The molecule has 5 rings (SSSR count). The molecule has 1 aromatic heterocycles. The zero-order chi connectivity index (χ0) is 21.5. The van der Waals surface area contributed by atoms with Crippen LogP contribution in [0.4, 0.5) is 0 Å². The second-order valence-electron chi connectivity index (χ2n) is 8.63. The van der Waals surface area contributed by atoms with Gasteiger partial charge in [0.1, 0.15) is 19.0 Å². The largest absolute Gasteiger partial charge is 0.486 e. The fourth-order valence-corrected chi connectivity index (χ4v) is 4.43. The number of hydrogen-bond acceptors (Lipinski definition) is 5. The van der Waals surface area contributed by atoms with Gasteiger partial charge in [-0.1, -0.05) is 0 Å². The van der Waals surface area contributed by atoms with E-state index < -0.39 is 0 Å². The molecule has 1 saturated heterocycles. The molecule has 2 aliphatic heterocycles. The van der Waals surface area contributed by atoms with Crippen LogP contribution in [0.2, 0.25) is 0 Å². The number of nitrogens with one attached hydrogen (secondary N) is 2. The van der Waals surface area contributed by atoms with E-state index in [4.69, 9.17) is 14.5 Å². The fraction of sp³-hybridized carbons (Fsp3) is 0.417. The van der Waals surface area contributed by atoms with Crippen molar-refractivity contribution in [2.75, 3.05) is 26.8 Å². The first-order valence-electron chi connectivity index (χ1n) is 10.9. The Morgan fingerprint density at radius 2 is 1.88 bits per heavy atom. The number of H-pyrrole nitrogens is 1. The van der Waals surface area contributed by atoms with Crippen LogP contribution in [0.1, 0.15) is 46.2 Å². The third-order valence-electron chi connectivity index (χ3n) is 6.44. The van der Waals surface area contributed by atoms with E-state index in [-0.39, 0.29) is 30.4 Å². The van der Waals surface area contributed by atoms with E-state index in [0.717, 1.165) is 36.2 Å². The summed E-state index contributed by atoms with van der Waals surface area (Å²) >= 11 is 0. The number of ether oxygens (including phenoxy) is 2. The molecule has 0 unspecified atom stereocenters. The highest BCUT2D eigenvalue weighted by Crippen LogP contribution is 2.32. The van der Waals surface area contributed by atoms with Crippen molar-refractivity contribution >= 4 is 29.3 Å². The molecule has 3 heterocycles. The maximum absolute atomic E-state index is 12.9. The predicted molar refractivity (Wildman–Crippen MR) is 126 cm³/mol. The quantitative estimate of drug-likeness (QED) is 0.624. The topological polar surface area (TPSA) is 79.5 Å². The summed E-state index contributed by atoms with van der Waals surface area (Å²) in [4.78, 5) is 23.6. The first-order valence-corrected chi connectivity index (χ1v) is 10.9. The molecule has 3 aromatic rings. The highest BCUT2D eigenvalue weighted by atomic mass is 35.5. The number of aromatic nitrogens is 2. The van der Waals surface area contributed by atoms with Crippen molar-refractivity contribution in [3.8, 4) is 11.5 Å². The van der Waals surface area contributed by atoms with Crippen molar-refractivity contribution < 1.29 is 14.3 Å². The maximum Gasteiger partial charge on any atom is 0.251 e. The molecule has 8 heteroatoms. The predicted octanol–water partition coefficient (Wildman–Crippen LogP) is 3.94. The molecular weight excluding hydrogens is 428 g/mol. The van der Waals surface area contributed by atoms with Crippen LogP contribution in [0.15, 0.2) is 30.3 Å². The molecular formula is C24H29ClN4O3. The number of amides is 1. The van der Waals surface area contributed by atoms with Crippen LogP contribution in [-0.2, 0) is 0 Å². The maximum atomic E-state index is 12.9. The normalized spacial score (nSPS) is 20.6. The van der Waals surface area contributed by atoms with E-state index >= 15 is 0 Å². The van der Waals surface area contributed by atoms with Crippen molar-refractivity contribution in [1.82, 2.24) is 20.2 Å². The van der Waals surface area contributed by atoms with Crippen LogP contribution in [-0.4, -0.2) is 53.6 Å². The Kier molecular flexibility index (Phi) is 6.31. The molecule has 2 N–H and O–H groups in total. The summed E-state index contributed by atoms with van der Waals surface area (Å²) in [5.41, 5.74) is 5.15. The van der Waals surface area contributed by atoms with Gasteiger partial charge in [0.2, 0.25) is 0 Å². The zero-order valence-electron chi connectivity index (χ0n) is 18.6. The molecule has 32 heavy (non-hydrogen) atoms. The Morgan fingerprint density at radius 1 is 1.12 bits per heavy atom. The lowest BCUT2D eigenvalue weighted by Gasteiger charge is -2.36. The molecule has 7 nitrogen and oxygen atoms in total. The van der Waals surface area contributed by atoms with Gasteiger partial charge < -0.3 is 19.8 Å². The zero-order valence-corrected chi connectivity index (χ0v) is 19.4. The summed E-state index contributed by atoms with van der Waals surface area (Å²) in [7, 11) is 2.12. The summed E-state index contributed by atoms with van der Waals surface area (Å²) in [6, 6.07) is 9.86.